The first-order valence-corrected chi connectivity index (χ1v) is 8.43. The molecule has 2 rings (SSSR count). The van der Waals surface area contributed by atoms with Crippen LogP contribution in [0.1, 0.15) is 19.8 Å². The molecule has 1 fully saturated rings. The van der Waals surface area contributed by atoms with Crippen LogP contribution in [0.2, 0.25) is 0 Å². The number of hydrogen-bond acceptors (Lipinski definition) is 3. The zero-order valence-corrected chi connectivity index (χ0v) is 13.2. The Morgan fingerprint density at radius 2 is 1.94 bits per heavy atom. The molecule has 1 aliphatic carbocycles. The van der Waals surface area contributed by atoms with Crippen molar-refractivity contribution < 1.29 is 8.42 Å². The second-order valence-electron chi connectivity index (χ2n) is 4.96. The summed E-state index contributed by atoms with van der Waals surface area (Å²) in [5.41, 5.74) is 5.20. The van der Waals surface area contributed by atoms with Crippen LogP contribution < -0.4 is 10.5 Å². The van der Waals surface area contributed by atoms with Crippen molar-refractivity contribution in [3.63, 3.8) is 0 Å². The smallest absolute Gasteiger partial charge is 0.241 e. The predicted molar refractivity (Wildman–Crippen MR) is 79.7 cm³/mol. The van der Waals surface area contributed by atoms with Gasteiger partial charge in [0.25, 0.3) is 0 Å². The Morgan fingerprint density at radius 3 is 2.39 bits per heavy atom. The van der Waals surface area contributed by atoms with Crippen molar-refractivity contribution in [2.24, 2.45) is 11.7 Å². The Kier molecular flexibility index (Phi) is 4.01. The maximum absolute atomic E-state index is 12.3. The fourth-order valence-corrected chi connectivity index (χ4v) is 3.83. The van der Waals surface area contributed by atoms with E-state index in [4.69, 9.17) is 5.73 Å². The average molecular weight is 380 g/mol. The molecule has 0 heterocycles. The number of hydrogen-bond donors (Lipinski definition) is 2. The number of nitrogens with one attached hydrogen (secondary N) is 1. The number of nitrogens with two attached hydrogens (primary N) is 1. The molecule has 3 N–H and O–H groups in total. The second kappa shape index (κ2) is 5.07. The summed E-state index contributed by atoms with van der Waals surface area (Å²) in [6.45, 7) is 2.20. The minimum atomic E-state index is -3.49. The Morgan fingerprint density at radius 1 is 1.39 bits per heavy atom. The van der Waals surface area contributed by atoms with Crippen LogP contribution in [-0.2, 0) is 10.0 Å². The number of sulfonamides is 1. The topological polar surface area (TPSA) is 72.2 Å². The van der Waals surface area contributed by atoms with Gasteiger partial charge in [-0.25, -0.2) is 13.1 Å². The van der Waals surface area contributed by atoms with Crippen LogP contribution in [-0.4, -0.2) is 20.5 Å². The van der Waals surface area contributed by atoms with E-state index in [1.165, 1.54) is 0 Å². The van der Waals surface area contributed by atoms with Crippen LogP contribution in [0.5, 0.6) is 0 Å². The molecule has 1 unspecified atom stereocenters. The first-order chi connectivity index (χ1) is 8.37. The monoisotopic (exact) mass is 380 g/mol. The third kappa shape index (κ3) is 3.04. The number of rotatable bonds is 5. The lowest BCUT2D eigenvalue weighted by molar-refractivity contribution is 0.374. The van der Waals surface area contributed by atoms with E-state index in [9.17, 15) is 8.42 Å². The van der Waals surface area contributed by atoms with Crippen LogP contribution in [0, 0.1) is 9.49 Å². The van der Waals surface area contributed by atoms with Crippen LogP contribution in [0.4, 0.5) is 0 Å². The highest BCUT2D eigenvalue weighted by Crippen LogP contribution is 2.39. The molecular weight excluding hydrogens is 363 g/mol. The molecule has 1 aromatic rings. The highest BCUT2D eigenvalue weighted by Gasteiger charge is 2.43. The lowest BCUT2D eigenvalue weighted by Crippen LogP contribution is -2.52. The lowest BCUT2D eigenvalue weighted by Gasteiger charge is -2.29. The molecule has 0 bridgehead atoms. The SMILES string of the molecule is CC(CN)(NS(=O)(=O)c1ccc(I)cc1)C1CC1. The summed E-state index contributed by atoms with van der Waals surface area (Å²) in [6, 6.07) is 6.81. The van der Waals surface area contributed by atoms with Crippen molar-refractivity contribution in [3.8, 4) is 0 Å². The summed E-state index contributed by atoms with van der Waals surface area (Å²) in [7, 11) is -3.49. The van der Waals surface area contributed by atoms with E-state index in [1.54, 1.807) is 24.3 Å². The first kappa shape index (κ1) is 14.2. The molecule has 6 heteroatoms. The lowest BCUT2D eigenvalue weighted by atomic mass is 9.98. The Hall–Kier alpha value is -0.180. The molecule has 0 aliphatic heterocycles. The number of halogens is 1. The zero-order valence-electron chi connectivity index (χ0n) is 10.2. The van der Waals surface area contributed by atoms with Gasteiger partial charge in [0.1, 0.15) is 0 Å². The standard InChI is InChI=1S/C12H17IN2O2S/c1-12(8-14,9-2-3-9)15-18(16,17)11-6-4-10(13)5-7-11/h4-7,9,15H,2-3,8,14H2,1H3. The Labute approximate surface area is 122 Å². The number of benzene rings is 1. The molecule has 0 amide bonds. The van der Waals surface area contributed by atoms with Gasteiger partial charge in [-0.2, -0.15) is 0 Å². The molecule has 100 valence electrons. The summed E-state index contributed by atoms with van der Waals surface area (Å²) in [4.78, 5) is 0.295. The van der Waals surface area contributed by atoms with E-state index in [1.807, 2.05) is 6.92 Å². The van der Waals surface area contributed by atoms with E-state index >= 15 is 0 Å². The average Bonchev–Trinajstić information content (AvgIpc) is 3.13. The fourth-order valence-electron chi connectivity index (χ4n) is 1.99. The Balaban J connectivity index is 2.23. The van der Waals surface area contributed by atoms with Gasteiger partial charge in [0.05, 0.1) is 4.90 Å². The van der Waals surface area contributed by atoms with Crippen molar-refractivity contribution in [2.45, 2.75) is 30.2 Å². The van der Waals surface area contributed by atoms with Crippen LogP contribution in [0.15, 0.2) is 29.2 Å². The van der Waals surface area contributed by atoms with Crippen molar-refractivity contribution in [1.29, 1.82) is 0 Å². The molecule has 1 aromatic carbocycles. The molecule has 1 aliphatic rings. The molecule has 1 saturated carbocycles. The van der Waals surface area contributed by atoms with Gasteiger partial charge in [-0.15, -0.1) is 0 Å². The second-order valence-corrected chi connectivity index (χ2v) is 7.88. The summed E-state index contributed by atoms with van der Waals surface area (Å²) in [5.74, 6) is 0.362. The minimum absolute atomic E-state index is 0.295. The summed E-state index contributed by atoms with van der Waals surface area (Å²) in [6.07, 6.45) is 2.09. The van der Waals surface area contributed by atoms with Gasteiger partial charge in [0.2, 0.25) is 10.0 Å². The highest BCUT2D eigenvalue weighted by molar-refractivity contribution is 14.1. The van der Waals surface area contributed by atoms with Crippen molar-refractivity contribution in [3.05, 3.63) is 27.8 Å². The van der Waals surface area contributed by atoms with Gasteiger partial charge in [-0.3, -0.25) is 0 Å². The van der Waals surface area contributed by atoms with Gasteiger partial charge in [0.15, 0.2) is 0 Å². The molecule has 0 saturated heterocycles. The van der Waals surface area contributed by atoms with E-state index in [0.717, 1.165) is 16.4 Å². The maximum atomic E-state index is 12.3. The van der Waals surface area contributed by atoms with Crippen LogP contribution in [0.3, 0.4) is 0 Å². The van der Waals surface area contributed by atoms with Gasteiger partial charge < -0.3 is 5.73 Å². The Bertz CT molecular complexity index is 526. The van der Waals surface area contributed by atoms with E-state index in [-0.39, 0.29) is 0 Å². The van der Waals surface area contributed by atoms with Crippen molar-refractivity contribution >= 4 is 32.6 Å². The highest BCUT2D eigenvalue weighted by atomic mass is 127. The molecule has 0 aromatic heterocycles. The largest absolute Gasteiger partial charge is 0.329 e. The molecule has 0 radical (unpaired) electrons. The van der Waals surface area contributed by atoms with E-state index in [2.05, 4.69) is 27.3 Å². The molecule has 18 heavy (non-hydrogen) atoms. The van der Waals surface area contributed by atoms with Crippen LogP contribution >= 0.6 is 22.6 Å². The zero-order chi connectivity index (χ0) is 13.4. The fraction of sp³-hybridized carbons (Fsp3) is 0.500. The normalized spacial score (nSPS) is 19.5. The van der Waals surface area contributed by atoms with Gasteiger partial charge in [-0.1, -0.05) is 0 Å². The minimum Gasteiger partial charge on any atom is -0.329 e. The van der Waals surface area contributed by atoms with E-state index < -0.39 is 15.6 Å². The molecule has 4 nitrogen and oxygen atoms in total. The van der Waals surface area contributed by atoms with Gasteiger partial charge in [-0.05, 0) is 72.5 Å². The predicted octanol–water partition coefficient (Wildman–Crippen LogP) is 1.70. The first-order valence-electron chi connectivity index (χ1n) is 5.87. The third-order valence-electron chi connectivity index (χ3n) is 3.39. The van der Waals surface area contributed by atoms with Crippen LogP contribution in [0.25, 0.3) is 0 Å². The molecular formula is C12H17IN2O2S. The van der Waals surface area contributed by atoms with Gasteiger partial charge >= 0.3 is 0 Å². The van der Waals surface area contributed by atoms with Crippen molar-refractivity contribution in [2.75, 3.05) is 6.54 Å². The van der Waals surface area contributed by atoms with Crippen molar-refractivity contribution in [1.82, 2.24) is 4.72 Å². The molecule has 1 atom stereocenters. The summed E-state index contributed by atoms with van der Waals surface area (Å²) >= 11 is 2.15. The van der Waals surface area contributed by atoms with E-state index in [0.29, 0.717) is 17.4 Å². The molecule has 0 spiro atoms. The third-order valence-corrected chi connectivity index (χ3v) is 5.74. The van der Waals surface area contributed by atoms with Gasteiger partial charge in [0, 0.05) is 15.7 Å². The summed E-state index contributed by atoms with van der Waals surface area (Å²) < 4.78 is 28.3. The quantitative estimate of drug-likeness (QED) is 0.764. The maximum Gasteiger partial charge on any atom is 0.241 e. The summed E-state index contributed by atoms with van der Waals surface area (Å²) in [5, 5.41) is 0.